The zero-order chi connectivity index (χ0) is 21.7. The summed E-state index contributed by atoms with van der Waals surface area (Å²) in [6, 6.07) is 8.45. The van der Waals surface area contributed by atoms with Crippen LogP contribution in [0, 0.1) is 33.3 Å². The van der Waals surface area contributed by atoms with E-state index in [0.717, 1.165) is 16.7 Å². The number of nitrogens with zero attached hydrogens (tertiary/aromatic N) is 1. The number of hydrogen-bond acceptors (Lipinski definition) is 1. The van der Waals surface area contributed by atoms with E-state index in [1.54, 1.807) is 7.11 Å². The van der Waals surface area contributed by atoms with Crippen LogP contribution in [0.3, 0.4) is 0 Å². The Morgan fingerprint density at radius 2 is 1.38 bits per heavy atom. The average Bonchev–Trinajstić information content (AvgIpc) is 3.06. The molecule has 0 aliphatic heterocycles. The number of fused-ring (bicyclic) bond motifs is 1. The topological polar surface area (TPSA) is 114 Å². The second-order valence-corrected chi connectivity index (χ2v) is 4.33. The standard InChI is InChI=1S/C13H15NO.5CO.Cr/c1-4-10-11-7-5-6-8-12(11)14(2)13(10)9-15-3;5*1-2;/h5-8H,4H2,1-3H3;;;;;;. The van der Waals surface area contributed by atoms with Gasteiger partial charge in [0.1, 0.15) is 0 Å². The monoisotopic (exact) mass is 393 g/mol. The van der Waals surface area contributed by atoms with Crippen molar-refractivity contribution < 1.29 is 43.8 Å². The molecule has 1 heterocycles. The first kappa shape index (κ1) is 31.6. The molecule has 0 saturated heterocycles. The van der Waals surface area contributed by atoms with Gasteiger partial charge in [0.2, 0.25) is 0 Å². The van der Waals surface area contributed by atoms with Gasteiger partial charge >= 0.3 is 160 Å². The Hall–Kier alpha value is -2.18. The minimum atomic E-state index is 0.857. The number of aryl methyl sites for hydroxylation is 2. The molecule has 2 rings (SSSR count). The van der Waals surface area contributed by atoms with Gasteiger partial charge in [-0.1, -0.05) is 0 Å². The van der Waals surface area contributed by atoms with E-state index < -0.39 is 0 Å². The van der Waals surface area contributed by atoms with E-state index in [-0.39, 0.29) is 0 Å². The van der Waals surface area contributed by atoms with Crippen LogP contribution in [0.4, 0.5) is 0 Å². The molecule has 2 aromatic rings. The van der Waals surface area contributed by atoms with Crippen molar-refractivity contribution in [3.8, 4) is 0 Å². The quantitative estimate of drug-likeness (QED) is 0.578. The molecule has 7 nitrogen and oxygen atoms in total. The first-order valence-electron chi connectivity index (χ1n) is 6.37. The molecule has 0 unspecified atom stereocenters. The first-order valence-corrected chi connectivity index (χ1v) is 7.01. The van der Waals surface area contributed by atoms with E-state index in [1.165, 1.54) is 16.5 Å². The molecular weight excluding hydrogens is 378 g/mol. The van der Waals surface area contributed by atoms with Crippen molar-refractivity contribution in [1.29, 1.82) is 0 Å². The van der Waals surface area contributed by atoms with E-state index >= 15 is 0 Å². The number of hydrogen-bond donors (Lipinski definition) is 0. The Labute approximate surface area is 160 Å². The third-order valence-electron chi connectivity index (χ3n) is 2.94. The SMILES string of the molecule is CCc1c([C](=[Cr])OC)n(C)c2ccccc12.[C-]#[O+].[C-]#[O+].[C-]#[O+].[C-]#[O+].[C-]#[O+]. The molecule has 134 valence electrons. The summed E-state index contributed by atoms with van der Waals surface area (Å²) >= 11 is 2.99. The van der Waals surface area contributed by atoms with Gasteiger partial charge in [-0.2, -0.15) is 0 Å². The molecule has 0 spiro atoms. The van der Waals surface area contributed by atoms with Crippen molar-refractivity contribution in [2.45, 2.75) is 13.3 Å². The molecule has 26 heavy (non-hydrogen) atoms. The number of aromatic nitrogens is 1. The maximum absolute atomic E-state index is 7.50. The van der Waals surface area contributed by atoms with Gasteiger partial charge < -0.3 is 0 Å². The van der Waals surface area contributed by atoms with Crippen molar-refractivity contribution in [3.05, 3.63) is 68.8 Å². The Balaban J connectivity index is -0.000000210. The van der Waals surface area contributed by atoms with Gasteiger partial charge in [0.15, 0.2) is 0 Å². The minimum absolute atomic E-state index is 0.857. The second-order valence-electron chi connectivity index (χ2n) is 3.75. The van der Waals surface area contributed by atoms with Crippen molar-refractivity contribution in [1.82, 2.24) is 4.57 Å². The number of para-hydroxylation sites is 1. The molecule has 0 radical (unpaired) electrons. The number of rotatable bonds is 3. The summed E-state index contributed by atoms with van der Waals surface area (Å²) in [7, 11) is 3.77. The molecule has 0 atom stereocenters. The Bertz CT molecular complexity index is 718. The molecule has 0 fully saturated rings. The van der Waals surface area contributed by atoms with Crippen LogP contribution < -0.4 is 0 Å². The molecule has 0 N–H and O–H groups in total. The molecule has 1 aromatic carbocycles. The van der Waals surface area contributed by atoms with Crippen LogP contribution in [0.25, 0.3) is 10.9 Å². The number of methoxy groups -OCH3 is 1. The van der Waals surface area contributed by atoms with E-state index in [4.69, 9.17) is 28.0 Å². The Morgan fingerprint density at radius 1 is 0.962 bits per heavy atom. The molecule has 0 aliphatic carbocycles. The predicted octanol–water partition coefficient (Wildman–Crippen LogP) is 2.22. The van der Waals surface area contributed by atoms with Gasteiger partial charge in [-0.15, -0.1) is 0 Å². The predicted molar refractivity (Wildman–Crippen MR) is 83.1 cm³/mol. The third kappa shape index (κ3) is 8.78. The van der Waals surface area contributed by atoms with Gasteiger partial charge in [-0.05, 0) is 0 Å². The van der Waals surface area contributed by atoms with Crippen LogP contribution >= 0.6 is 0 Å². The molecule has 8 heteroatoms. The molecule has 0 amide bonds. The van der Waals surface area contributed by atoms with Crippen molar-refractivity contribution in [2.75, 3.05) is 7.11 Å². The average molecular weight is 393 g/mol. The van der Waals surface area contributed by atoms with Gasteiger partial charge in [0, 0.05) is 0 Å². The maximum atomic E-state index is 7.50. The van der Waals surface area contributed by atoms with Gasteiger partial charge in [-0.3, -0.25) is 0 Å². The van der Waals surface area contributed by atoms with Crippen LogP contribution in [0.2, 0.25) is 0 Å². The number of benzene rings is 1. The second kappa shape index (κ2) is 22.8. The van der Waals surface area contributed by atoms with E-state index in [0.29, 0.717) is 0 Å². The summed E-state index contributed by atoms with van der Waals surface area (Å²) in [6.45, 7) is 24.7. The Kier molecular flexibility index (Phi) is 27.7. The van der Waals surface area contributed by atoms with E-state index in [2.05, 4.69) is 91.9 Å². The zero-order valence-electron chi connectivity index (χ0n) is 14.3. The summed E-state index contributed by atoms with van der Waals surface area (Å²) < 4.78 is 45.9. The van der Waals surface area contributed by atoms with Crippen LogP contribution in [0.1, 0.15) is 18.2 Å². The van der Waals surface area contributed by atoms with Crippen LogP contribution in [-0.2, 0) is 57.3 Å². The van der Waals surface area contributed by atoms with Gasteiger partial charge in [-0.25, -0.2) is 0 Å². The summed E-state index contributed by atoms with van der Waals surface area (Å²) in [5, 5.41) is 1.31. The fourth-order valence-corrected chi connectivity index (χ4v) is 2.59. The van der Waals surface area contributed by atoms with Crippen molar-refractivity contribution in [2.24, 2.45) is 7.05 Å². The number of ether oxygens (including phenoxy) is 1. The molecule has 1 aromatic heterocycles. The van der Waals surface area contributed by atoms with E-state index in [9.17, 15) is 0 Å². The summed E-state index contributed by atoms with van der Waals surface area (Å²) in [5.74, 6) is 0. The fraction of sp³-hybridized carbons (Fsp3) is 0.222. The van der Waals surface area contributed by atoms with Crippen molar-refractivity contribution >= 4 is 15.5 Å². The summed E-state index contributed by atoms with van der Waals surface area (Å²) in [6.07, 6.45) is 1.01. The zero-order valence-corrected chi connectivity index (χ0v) is 15.6. The van der Waals surface area contributed by atoms with Crippen LogP contribution in [0.15, 0.2) is 24.3 Å². The molecular formula is C18H15CrNO6. The van der Waals surface area contributed by atoms with Gasteiger partial charge in [0.25, 0.3) is 0 Å². The third-order valence-corrected chi connectivity index (χ3v) is 3.51. The molecule has 0 saturated carbocycles. The molecule has 0 aliphatic rings. The molecule has 0 bridgehead atoms. The fourth-order valence-electron chi connectivity index (χ4n) is 2.19. The van der Waals surface area contributed by atoms with Crippen LogP contribution in [-0.4, -0.2) is 16.2 Å². The van der Waals surface area contributed by atoms with Crippen LogP contribution in [0.5, 0.6) is 0 Å². The van der Waals surface area contributed by atoms with Crippen molar-refractivity contribution in [3.63, 3.8) is 0 Å². The van der Waals surface area contributed by atoms with E-state index in [1.807, 2.05) is 0 Å². The summed E-state index contributed by atoms with van der Waals surface area (Å²) in [5.41, 5.74) is 3.75. The van der Waals surface area contributed by atoms with Gasteiger partial charge in [0.05, 0.1) is 0 Å². The first-order chi connectivity index (χ1) is 12.7. The normalized spacial score (nSPS) is 7.12. The summed E-state index contributed by atoms with van der Waals surface area (Å²) in [4.78, 5) is 0. The Morgan fingerprint density at radius 3 is 1.77 bits per heavy atom.